The van der Waals surface area contributed by atoms with Crippen LogP contribution in [0.5, 0.6) is 5.75 Å². The summed E-state index contributed by atoms with van der Waals surface area (Å²) in [5, 5.41) is 13.3. The number of nitrogens with one attached hydrogen (secondary N) is 1. The maximum atomic E-state index is 13.8. The van der Waals surface area contributed by atoms with Crippen LogP contribution in [-0.4, -0.2) is 55.2 Å². The van der Waals surface area contributed by atoms with E-state index in [2.05, 4.69) is 20.1 Å². The molecule has 158 valence electrons. The summed E-state index contributed by atoms with van der Waals surface area (Å²) in [7, 11) is 0. The smallest absolute Gasteiger partial charge is 0.194 e. The highest BCUT2D eigenvalue weighted by Gasteiger charge is 2.21. The lowest BCUT2D eigenvalue weighted by Gasteiger charge is -2.37. The summed E-state index contributed by atoms with van der Waals surface area (Å²) in [6.45, 7) is 6.01. The fraction of sp³-hybridized carbons (Fsp3) is 0.381. The molecule has 1 heterocycles. The zero-order valence-corrected chi connectivity index (χ0v) is 18.8. The van der Waals surface area contributed by atoms with Crippen molar-refractivity contribution in [2.75, 3.05) is 44.2 Å². The first-order valence-electron chi connectivity index (χ1n) is 9.59. The predicted octanol–water partition coefficient (Wildman–Crippen LogP) is 3.62. The minimum absolute atomic E-state index is 0. The van der Waals surface area contributed by atoms with Crippen molar-refractivity contribution in [1.82, 2.24) is 10.2 Å². The van der Waals surface area contributed by atoms with E-state index in [1.54, 1.807) is 6.07 Å². The molecule has 0 unspecified atom stereocenters. The van der Waals surface area contributed by atoms with Gasteiger partial charge in [-0.25, -0.2) is 8.78 Å². The molecule has 0 aromatic heterocycles. The van der Waals surface area contributed by atoms with Crippen LogP contribution < -0.4 is 10.2 Å². The Labute approximate surface area is 187 Å². The molecule has 0 radical (unpaired) electrons. The molecule has 0 spiro atoms. The SMILES string of the molecule is CCNC(=NCCc1c(F)cccc1F)N1CCN(c2ccccc2O)CC1.I. The van der Waals surface area contributed by atoms with E-state index in [4.69, 9.17) is 0 Å². The molecule has 2 aromatic carbocycles. The zero-order valence-electron chi connectivity index (χ0n) is 16.4. The van der Waals surface area contributed by atoms with E-state index in [0.29, 0.717) is 13.1 Å². The first-order valence-corrected chi connectivity index (χ1v) is 9.59. The molecule has 0 aliphatic carbocycles. The summed E-state index contributed by atoms with van der Waals surface area (Å²) in [4.78, 5) is 8.84. The number of halogens is 3. The van der Waals surface area contributed by atoms with Gasteiger partial charge in [0.15, 0.2) is 5.96 Å². The zero-order chi connectivity index (χ0) is 19.9. The summed E-state index contributed by atoms with van der Waals surface area (Å²) < 4.78 is 27.5. The average molecular weight is 516 g/mol. The molecular formula is C21H27F2IN4O. The van der Waals surface area contributed by atoms with Crippen molar-refractivity contribution in [2.24, 2.45) is 4.99 Å². The Morgan fingerprint density at radius 3 is 2.31 bits per heavy atom. The van der Waals surface area contributed by atoms with E-state index < -0.39 is 11.6 Å². The monoisotopic (exact) mass is 516 g/mol. The third kappa shape index (κ3) is 5.94. The van der Waals surface area contributed by atoms with Gasteiger partial charge in [-0.1, -0.05) is 18.2 Å². The number of guanidine groups is 1. The summed E-state index contributed by atoms with van der Waals surface area (Å²) >= 11 is 0. The normalized spacial score (nSPS) is 14.5. The van der Waals surface area contributed by atoms with Crippen LogP contribution in [0.25, 0.3) is 0 Å². The van der Waals surface area contributed by atoms with Crippen molar-refractivity contribution in [1.29, 1.82) is 0 Å². The van der Waals surface area contributed by atoms with Gasteiger partial charge in [0.2, 0.25) is 0 Å². The second-order valence-electron chi connectivity index (χ2n) is 6.65. The highest BCUT2D eigenvalue weighted by molar-refractivity contribution is 14.0. The number of nitrogens with zero attached hydrogens (tertiary/aromatic N) is 3. The number of aliphatic imine (C=N–C) groups is 1. The molecule has 2 aromatic rings. The van der Waals surface area contributed by atoms with Crippen molar-refractivity contribution < 1.29 is 13.9 Å². The number of phenolic OH excluding ortho intramolecular Hbond substituents is 1. The first kappa shape index (κ1) is 23.2. The molecule has 1 aliphatic rings. The van der Waals surface area contributed by atoms with E-state index >= 15 is 0 Å². The van der Waals surface area contributed by atoms with Gasteiger partial charge >= 0.3 is 0 Å². The second kappa shape index (κ2) is 11.2. The molecule has 3 rings (SSSR count). The largest absolute Gasteiger partial charge is 0.506 e. The molecule has 2 N–H and O–H groups in total. The second-order valence-corrected chi connectivity index (χ2v) is 6.65. The summed E-state index contributed by atoms with van der Waals surface area (Å²) in [6, 6.07) is 11.2. The van der Waals surface area contributed by atoms with Gasteiger partial charge in [-0.2, -0.15) is 0 Å². The molecule has 1 saturated heterocycles. The lowest BCUT2D eigenvalue weighted by atomic mass is 10.1. The van der Waals surface area contributed by atoms with E-state index in [1.165, 1.54) is 18.2 Å². The highest BCUT2D eigenvalue weighted by atomic mass is 127. The van der Waals surface area contributed by atoms with Crippen LogP contribution in [0.1, 0.15) is 12.5 Å². The van der Waals surface area contributed by atoms with Crippen LogP contribution in [0.4, 0.5) is 14.5 Å². The predicted molar refractivity (Wildman–Crippen MR) is 123 cm³/mol. The lowest BCUT2D eigenvalue weighted by Crippen LogP contribution is -2.52. The summed E-state index contributed by atoms with van der Waals surface area (Å²) in [5.74, 6) is -0.0346. The van der Waals surface area contributed by atoms with Crippen LogP contribution in [0.2, 0.25) is 0 Å². The molecule has 29 heavy (non-hydrogen) atoms. The molecule has 5 nitrogen and oxygen atoms in total. The van der Waals surface area contributed by atoms with Gasteiger partial charge in [0, 0.05) is 44.8 Å². The summed E-state index contributed by atoms with van der Waals surface area (Å²) in [5.41, 5.74) is 0.908. The van der Waals surface area contributed by atoms with Crippen molar-refractivity contribution in [3.05, 3.63) is 59.7 Å². The number of phenols is 1. The van der Waals surface area contributed by atoms with Gasteiger partial charge in [-0.05, 0) is 37.6 Å². The molecule has 0 saturated carbocycles. The number of para-hydroxylation sites is 2. The molecule has 8 heteroatoms. The number of piperazine rings is 1. The lowest BCUT2D eigenvalue weighted by molar-refractivity contribution is 0.370. The van der Waals surface area contributed by atoms with Gasteiger partial charge in [0.1, 0.15) is 17.4 Å². The Morgan fingerprint density at radius 2 is 1.69 bits per heavy atom. The van der Waals surface area contributed by atoms with Crippen LogP contribution in [0, 0.1) is 11.6 Å². The molecule has 0 bridgehead atoms. The third-order valence-corrected chi connectivity index (χ3v) is 4.82. The van der Waals surface area contributed by atoms with Crippen molar-refractivity contribution in [2.45, 2.75) is 13.3 Å². The van der Waals surface area contributed by atoms with Crippen molar-refractivity contribution in [3.63, 3.8) is 0 Å². The Bertz CT molecular complexity index is 806. The fourth-order valence-corrected chi connectivity index (χ4v) is 3.36. The molecule has 1 fully saturated rings. The van der Waals surface area contributed by atoms with Crippen LogP contribution >= 0.6 is 24.0 Å². The van der Waals surface area contributed by atoms with Crippen LogP contribution in [-0.2, 0) is 6.42 Å². The van der Waals surface area contributed by atoms with Crippen LogP contribution in [0.15, 0.2) is 47.5 Å². The number of hydrogen-bond donors (Lipinski definition) is 2. The van der Waals surface area contributed by atoms with Crippen LogP contribution in [0.3, 0.4) is 0 Å². The average Bonchev–Trinajstić information content (AvgIpc) is 2.70. The van der Waals surface area contributed by atoms with E-state index in [-0.39, 0.29) is 41.7 Å². The number of benzene rings is 2. The standard InChI is InChI=1S/C21H26F2N4O.HI/c1-2-24-21(25-11-10-16-17(22)6-5-7-18(16)23)27-14-12-26(13-15-27)19-8-3-4-9-20(19)28;/h3-9,28H,2,10-15H2,1H3,(H,24,25);1H. The quantitative estimate of drug-likeness (QED) is 0.362. The first-order chi connectivity index (χ1) is 13.6. The topological polar surface area (TPSA) is 51.1 Å². The van der Waals surface area contributed by atoms with E-state index in [1.807, 2.05) is 25.1 Å². The fourth-order valence-electron chi connectivity index (χ4n) is 3.36. The molecule has 0 amide bonds. The number of anilines is 1. The minimum Gasteiger partial charge on any atom is -0.506 e. The van der Waals surface area contributed by atoms with Gasteiger partial charge in [-0.15, -0.1) is 24.0 Å². The van der Waals surface area contributed by atoms with Crippen molar-refractivity contribution in [3.8, 4) is 5.75 Å². The Hall–Kier alpha value is -2.10. The maximum Gasteiger partial charge on any atom is 0.194 e. The highest BCUT2D eigenvalue weighted by Crippen LogP contribution is 2.27. The van der Waals surface area contributed by atoms with Gasteiger partial charge < -0.3 is 20.2 Å². The Balaban J connectivity index is 0.00000300. The molecule has 0 atom stereocenters. The third-order valence-electron chi connectivity index (χ3n) is 4.82. The number of hydrogen-bond acceptors (Lipinski definition) is 3. The van der Waals surface area contributed by atoms with E-state index in [9.17, 15) is 13.9 Å². The number of aromatic hydroxyl groups is 1. The van der Waals surface area contributed by atoms with Gasteiger partial charge in [0.05, 0.1) is 5.69 Å². The van der Waals surface area contributed by atoms with Crippen molar-refractivity contribution >= 4 is 35.6 Å². The van der Waals surface area contributed by atoms with Gasteiger partial charge in [-0.3, -0.25) is 4.99 Å². The Kier molecular flexibility index (Phi) is 8.94. The molecule has 1 aliphatic heterocycles. The Morgan fingerprint density at radius 1 is 1.03 bits per heavy atom. The minimum atomic E-state index is -0.531. The number of rotatable bonds is 5. The van der Waals surface area contributed by atoms with E-state index in [0.717, 1.165) is 37.8 Å². The summed E-state index contributed by atoms with van der Waals surface area (Å²) in [6.07, 6.45) is 0.214. The van der Waals surface area contributed by atoms with Gasteiger partial charge in [0.25, 0.3) is 0 Å². The maximum absolute atomic E-state index is 13.8. The molecular weight excluding hydrogens is 489 g/mol.